The van der Waals surface area contributed by atoms with Crippen LogP contribution >= 0.6 is 11.8 Å². The second kappa shape index (κ2) is 10.1. The zero-order valence-electron chi connectivity index (χ0n) is 18.7. The Hall–Kier alpha value is -3.60. The molecule has 2 unspecified atom stereocenters. The van der Waals surface area contributed by atoms with Gasteiger partial charge in [0.15, 0.2) is 0 Å². The molecule has 4 rings (SSSR count). The number of amides is 3. The number of hydrogen-bond acceptors (Lipinski definition) is 8. The number of nitrogens with zero attached hydrogens (tertiary/aromatic N) is 3. The fourth-order valence-corrected chi connectivity index (χ4v) is 4.59. The van der Waals surface area contributed by atoms with Crippen LogP contribution in [-0.2, 0) is 4.79 Å². The Bertz CT molecular complexity index is 1150. The first-order valence-electron chi connectivity index (χ1n) is 10.8. The van der Waals surface area contributed by atoms with Crippen LogP contribution in [-0.4, -0.2) is 55.9 Å². The van der Waals surface area contributed by atoms with Crippen molar-refractivity contribution in [3.8, 4) is 17.5 Å². The first-order chi connectivity index (χ1) is 16.3. The van der Waals surface area contributed by atoms with Gasteiger partial charge in [-0.15, -0.1) is 0 Å². The predicted octanol–water partition coefficient (Wildman–Crippen LogP) is 4.20. The molecule has 10 nitrogen and oxygen atoms in total. The summed E-state index contributed by atoms with van der Waals surface area (Å²) in [5, 5.41) is 11.2. The molecule has 2 aromatic rings. The second-order valence-electron chi connectivity index (χ2n) is 7.94. The number of hydrogen-bond donors (Lipinski definition) is 2. The molecule has 1 aromatic heterocycles. The quantitative estimate of drug-likeness (QED) is 0.579. The molecule has 2 fully saturated rings. The van der Waals surface area contributed by atoms with Crippen molar-refractivity contribution in [3.05, 3.63) is 46.6 Å². The molecule has 2 aliphatic rings. The normalized spacial score (nSPS) is 21.5. The molecule has 0 radical (unpaired) electrons. The molecule has 2 N–H and O–H groups in total. The molecule has 2 aliphatic heterocycles. The van der Waals surface area contributed by atoms with E-state index >= 15 is 0 Å². The number of imide groups is 1. The number of carbonyl (C=O) groups excluding carboxylic acids is 2. The number of carboxylic acid groups (broad SMARTS) is 1. The number of benzene rings is 1. The topological polar surface area (TPSA) is 131 Å². The average Bonchev–Trinajstić information content (AvgIpc) is 3.12. The molecule has 0 aliphatic carbocycles. The SMILES string of the molecule is CCC1CC(Oc2ncnc(Oc3cccc(C=C4SC(=O)NC4=O)c3)c2C)CCN1C(=O)O. The lowest BCUT2D eigenvalue weighted by molar-refractivity contribution is -0.115. The minimum atomic E-state index is -0.907. The van der Waals surface area contributed by atoms with E-state index in [1.165, 1.54) is 11.2 Å². The summed E-state index contributed by atoms with van der Waals surface area (Å²) in [5.74, 6) is 0.796. The largest absolute Gasteiger partial charge is 0.474 e. The summed E-state index contributed by atoms with van der Waals surface area (Å²) in [6.45, 7) is 4.17. The van der Waals surface area contributed by atoms with Crippen LogP contribution in [0.4, 0.5) is 9.59 Å². The maximum Gasteiger partial charge on any atom is 0.407 e. The van der Waals surface area contributed by atoms with Gasteiger partial charge in [0.1, 0.15) is 18.2 Å². The van der Waals surface area contributed by atoms with E-state index in [9.17, 15) is 19.5 Å². The minimum absolute atomic E-state index is 0.0959. The summed E-state index contributed by atoms with van der Waals surface area (Å²) in [6, 6.07) is 6.96. The van der Waals surface area contributed by atoms with Gasteiger partial charge < -0.3 is 19.5 Å². The molecule has 178 valence electrons. The van der Waals surface area contributed by atoms with E-state index in [0.29, 0.717) is 59.3 Å². The zero-order valence-corrected chi connectivity index (χ0v) is 19.5. The van der Waals surface area contributed by atoms with Crippen molar-refractivity contribution in [2.75, 3.05) is 6.54 Å². The predicted molar refractivity (Wildman–Crippen MR) is 125 cm³/mol. The molecule has 3 heterocycles. The van der Waals surface area contributed by atoms with Crippen molar-refractivity contribution in [1.82, 2.24) is 20.2 Å². The molecular weight excluding hydrogens is 460 g/mol. The van der Waals surface area contributed by atoms with Gasteiger partial charge in [-0.25, -0.2) is 14.8 Å². The minimum Gasteiger partial charge on any atom is -0.474 e. The maximum atomic E-state index is 11.8. The van der Waals surface area contributed by atoms with E-state index in [-0.39, 0.29) is 12.1 Å². The van der Waals surface area contributed by atoms with Gasteiger partial charge in [-0.3, -0.25) is 14.9 Å². The second-order valence-corrected chi connectivity index (χ2v) is 8.95. The van der Waals surface area contributed by atoms with Crippen LogP contribution in [0.5, 0.6) is 17.5 Å². The lowest BCUT2D eigenvalue weighted by atomic mass is 9.98. The van der Waals surface area contributed by atoms with Gasteiger partial charge in [0, 0.05) is 25.4 Å². The van der Waals surface area contributed by atoms with Gasteiger partial charge in [-0.1, -0.05) is 19.1 Å². The number of nitrogens with one attached hydrogen (secondary N) is 1. The van der Waals surface area contributed by atoms with E-state index in [1.807, 2.05) is 6.92 Å². The third-order valence-electron chi connectivity index (χ3n) is 5.67. The van der Waals surface area contributed by atoms with E-state index < -0.39 is 17.2 Å². The molecular formula is C23H24N4O6S. The Labute approximate surface area is 200 Å². The lowest BCUT2D eigenvalue weighted by Crippen LogP contribution is -2.48. The molecule has 11 heteroatoms. The van der Waals surface area contributed by atoms with Crippen molar-refractivity contribution in [2.45, 2.75) is 45.3 Å². The van der Waals surface area contributed by atoms with E-state index in [1.54, 1.807) is 37.3 Å². The Kier molecular flexibility index (Phi) is 7.01. The molecule has 3 amide bonds. The highest BCUT2D eigenvalue weighted by molar-refractivity contribution is 8.18. The van der Waals surface area contributed by atoms with Crippen molar-refractivity contribution in [2.24, 2.45) is 0 Å². The molecule has 0 saturated carbocycles. The van der Waals surface area contributed by atoms with Crippen LogP contribution in [0.2, 0.25) is 0 Å². The van der Waals surface area contributed by atoms with Crippen LogP contribution in [0.25, 0.3) is 6.08 Å². The molecule has 2 saturated heterocycles. The molecule has 1 aromatic carbocycles. The number of likely N-dealkylation sites (tertiary alicyclic amines) is 1. The highest BCUT2D eigenvalue weighted by Crippen LogP contribution is 2.32. The van der Waals surface area contributed by atoms with E-state index in [4.69, 9.17) is 9.47 Å². The van der Waals surface area contributed by atoms with Gasteiger partial charge in [-0.05, 0) is 48.9 Å². The molecule has 2 atom stereocenters. The Morgan fingerprint density at radius 1 is 1.32 bits per heavy atom. The van der Waals surface area contributed by atoms with Crippen molar-refractivity contribution in [3.63, 3.8) is 0 Å². The van der Waals surface area contributed by atoms with Gasteiger partial charge >= 0.3 is 6.09 Å². The number of thioether (sulfide) groups is 1. The monoisotopic (exact) mass is 484 g/mol. The number of carbonyl (C=O) groups is 3. The Balaban J connectivity index is 1.47. The van der Waals surface area contributed by atoms with Gasteiger partial charge in [0.05, 0.1) is 10.5 Å². The maximum absolute atomic E-state index is 11.8. The summed E-state index contributed by atoms with van der Waals surface area (Å²) in [6.07, 6.45) is 3.79. The highest BCUT2D eigenvalue weighted by Gasteiger charge is 2.32. The van der Waals surface area contributed by atoms with Crippen molar-refractivity contribution >= 4 is 35.1 Å². The average molecular weight is 485 g/mol. The molecule has 34 heavy (non-hydrogen) atoms. The van der Waals surface area contributed by atoms with Crippen LogP contribution in [0.1, 0.15) is 37.3 Å². The molecule has 0 bridgehead atoms. The fourth-order valence-electron chi connectivity index (χ4n) is 3.91. The highest BCUT2D eigenvalue weighted by atomic mass is 32.2. The third-order valence-corrected chi connectivity index (χ3v) is 6.48. The number of aromatic nitrogens is 2. The third kappa shape index (κ3) is 5.30. The summed E-state index contributed by atoms with van der Waals surface area (Å²) >= 11 is 0.851. The standard InChI is InChI=1S/C23H24N4O6S/c1-3-15-11-17(7-8-27(15)23(30)31)33-21-13(2)20(24-12-25-21)32-16-6-4-5-14(9-16)10-18-19(28)26-22(29)34-18/h4-6,9-10,12,15,17H,3,7-8,11H2,1-2H3,(H,30,31)(H,26,28,29). The van der Waals surface area contributed by atoms with Crippen LogP contribution in [0.15, 0.2) is 35.5 Å². The van der Waals surface area contributed by atoms with Gasteiger partial charge in [0.25, 0.3) is 11.1 Å². The summed E-state index contributed by atoms with van der Waals surface area (Å²) in [4.78, 5) is 44.8. The summed E-state index contributed by atoms with van der Waals surface area (Å²) in [5.41, 5.74) is 1.32. The lowest BCUT2D eigenvalue weighted by Gasteiger charge is -2.37. The van der Waals surface area contributed by atoms with Crippen molar-refractivity contribution < 1.29 is 29.0 Å². The zero-order chi connectivity index (χ0) is 24.2. The van der Waals surface area contributed by atoms with Crippen LogP contribution in [0.3, 0.4) is 0 Å². The fraction of sp³-hybridized carbons (Fsp3) is 0.348. The van der Waals surface area contributed by atoms with E-state index in [2.05, 4.69) is 15.3 Å². The Morgan fingerprint density at radius 3 is 2.82 bits per heavy atom. The summed E-state index contributed by atoms with van der Waals surface area (Å²) < 4.78 is 12.1. The first kappa shape index (κ1) is 23.6. The molecule has 0 spiro atoms. The van der Waals surface area contributed by atoms with Crippen LogP contribution in [0, 0.1) is 6.92 Å². The number of rotatable bonds is 6. The number of ether oxygens (including phenoxy) is 2. The summed E-state index contributed by atoms with van der Waals surface area (Å²) in [7, 11) is 0. The van der Waals surface area contributed by atoms with Crippen LogP contribution < -0.4 is 14.8 Å². The van der Waals surface area contributed by atoms with Gasteiger partial charge in [-0.2, -0.15) is 0 Å². The first-order valence-corrected chi connectivity index (χ1v) is 11.7. The Morgan fingerprint density at radius 2 is 2.12 bits per heavy atom. The smallest absolute Gasteiger partial charge is 0.407 e. The van der Waals surface area contributed by atoms with E-state index in [0.717, 1.165) is 11.8 Å². The van der Waals surface area contributed by atoms with Gasteiger partial charge in [0.2, 0.25) is 11.8 Å². The number of piperidine rings is 1. The van der Waals surface area contributed by atoms with Crippen molar-refractivity contribution in [1.29, 1.82) is 0 Å².